The van der Waals surface area contributed by atoms with Crippen LogP contribution in [0.15, 0.2) is 42.5 Å². The largest absolute Gasteiger partial charge is 0.387 e. The summed E-state index contributed by atoms with van der Waals surface area (Å²) in [5.74, 6) is -0.0917. The Balaban J connectivity index is 2.25. The summed E-state index contributed by atoms with van der Waals surface area (Å²) in [6, 6.07) is 13.5. The van der Waals surface area contributed by atoms with E-state index in [0.29, 0.717) is 10.9 Å². The highest BCUT2D eigenvalue weighted by Gasteiger charge is 2.22. The van der Waals surface area contributed by atoms with Crippen LogP contribution in [0.3, 0.4) is 0 Å². The summed E-state index contributed by atoms with van der Waals surface area (Å²) in [6.07, 6.45) is -0.597. The molecule has 2 rings (SSSR count). The number of aliphatic hydroxyl groups is 1. The van der Waals surface area contributed by atoms with Crippen molar-refractivity contribution in [3.63, 3.8) is 0 Å². The quantitative estimate of drug-likeness (QED) is 0.894. The molecule has 1 aromatic carbocycles. The van der Waals surface area contributed by atoms with Crippen molar-refractivity contribution >= 4 is 22.9 Å². The van der Waals surface area contributed by atoms with Gasteiger partial charge in [-0.05, 0) is 17.7 Å². The molecule has 3 N–H and O–H groups in total. The second-order valence-corrected chi connectivity index (χ2v) is 5.59. The fraction of sp³-hybridized carbons (Fsp3) is 0.231. The van der Waals surface area contributed by atoms with Crippen molar-refractivity contribution < 1.29 is 5.11 Å². The summed E-state index contributed by atoms with van der Waals surface area (Å²) in [4.78, 5) is 0.856. The van der Waals surface area contributed by atoms with E-state index in [-0.39, 0.29) is 5.92 Å². The van der Waals surface area contributed by atoms with Crippen LogP contribution in [0.4, 0.5) is 0 Å². The number of thiophene rings is 1. The van der Waals surface area contributed by atoms with Gasteiger partial charge in [0.05, 0.1) is 10.4 Å². The monoisotopic (exact) mass is 267 g/mol. The number of aliphatic hydroxyl groups excluding tert-OH is 1. The van der Waals surface area contributed by atoms with Crippen molar-refractivity contribution in [3.8, 4) is 0 Å². The van der Waals surface area contributed by atoms with E-state index in [2.05, 4.69) is 0 Å². The molecule has 17 heavy (non-hydrogen) atoms. The highest BCUT2D eigenvalue weighted by atomic mass is 35.5. The van der Waals surface area contributed by atoms with Crippen LogP contribution in [-0.4, -0.2) is 11.7 Å². The highest BCUT2D eigenvalue weighted by Crippen LogP contribution is 2.35. The van der Waals surface area contributed by atoms with Gasteiger partial charge < -0.3 is 10.8 Å². The maximum atomic E-state index is 10.3. The van der Waals surface area contributed by atoms with Gasteiger partial charge in [-0.15, -0.1) is 11.3 Å². The van der Waals surface area contributed by atoms with Crippen molar-refractivity contribution in [1.82, 2.24) is 0 Å². The van der Waals surface area contributed by atoms with Crippen molar-refractivity contribution in [2.45, 2.75) is 12.0 Å². The minimum Gasteiger partial charge on any atom is -0.387 e. The van der Waals surface area contributed by atoms with E-state index < -0.39 is 6.10 Å². The average molecular weight is 268 g/mol. The third kappa shape index (κ3) is 2.87. The first-order chi connectivity index (χ1) is 8.22. The molecule has 2 aromatic rings. The minimum atomic E-state index is -0.597. The van der Waals surface area contributed by atoms with E-state index in [4.69, 9.17) is 17.3 Å². The Bertz CT molecular complexity index is 471. The second kappa shape index (κ2) is 5.65. The Hall–Kier alpha value is -0.870. The topological polar surface area (TPSA) is 46.2 Å². The van der Waals surface area contributed by atoms with Gasteiger partial charge in [0.15, 0.2) is 0 Å². The van der Waals surface area contributed by atoms with E-state index in [0.717, 1.165) is 10.4 Å². The van der Waals surface area contributed by atoms with Gasteiger partial charge >= 0.3 is 0 Å². The van der Waals surface area contributed by atoms with Gasteiger partial charge in [0.2, 0.25) is 0 Å². The van der Waals surface area contributed by atoms with Gasteiger partial charge in [-0.1, -0.05) is 41.9 Å². The van der Waals surface area contributed by atoms with Crippen molar-refractivity contribution in [2.75, 3.05) is 6.54 Å². The second-order valence-electron chi connectivity index (χ2n) is 3.84. The van der Waals surface area contributed by atoms with E-state index >= 15 is 0 Å². The highest BCUT2D eigenvalue weighted by molar-refractivity contribution is 7.16. The molecular weight excluding hydrogens is 254 g/mol. The van der Waals surface area contributed by atoms with Crippen LogP contribution in [0.2, 0.25) is 4.34 Å². The van der Waals surface area contributed by atoms with Gasteiger partial charge in [-0.2, -0.15) is 0 Å². The lowest BCUT2D eigenvalue weighted by atomic mass is 9.93. The first-order valence-electron chi connectivity index (χ1n) is 5.40. The van der Waals surface area contributed by atoms with Gasteiger partial charge in [0, 0.05) is 17.3 Å². The maximum Gasteiger partial charge on any atom is 0.0962 e. The molecule has 0 saturated heterocycles. The molecule has 2 atom stereocenters. The lowest BCUT2D eigenvalue weighted by Gasteiger charge is -2.20. The smallest absolute Gasteiger partial charge is 0.0962 e. The van der Waals surface area contributed by atoms with Crippen LogP contribution >= 0.6 is 22.9 Å². The van der Waals surface area contributed by atoms with Crippen LogP contribution < -0.4 is 5.73 Å². The van der Waals surface area contributed by atoms with Crippen LogP contribution in [0.25, 0.3) is 0 Å². The Labute approximate surface area is 110 Å². The van der Waals surface area contributed by atoms with E-state index in [1.165, 1.54) is 11.3 Å². The zero-order chi connectivity index (χ0) is 12.3. The number of benzene rings is 1. The van der Waals surface area contributed by atoms with Crippen LogP contribution in [-0.2, 0) is 0 Å². The first kappa shape index (κ1) is 12.6. The summed E-state index contributed by atoms with van der Waals surface area (Å²) < 4.78 is 0.683. The number of hydrogen-bond acceptors (Lipinski definition) is 3. The summed E-state index contributed by atoms with van der Waals surface area (Å²) >= 11 is 7.27. The van der Waals surface area contributed by atoms with Crippen LogP contribution in [0.5, 0.6) is 0 Å². The lowest BCUT2D eigenvalue weighted by Crippen LogP contribution is -2.19. The standard InChI is InChI=1S/C13H14ClNOS/c14-12-7-6-11(17-12)13(16)10(8-15)9-4-2-1-3-5-9/h1-7,10,13,16H,8,15H2. The molecule has 0 aliphatic carbocycles. The number of halogens is 1. The van der Waals surface area contributed by atoms with E-state index in [9.17, 15) is 5.11 Å². The van der Waals surface area contributed by atoms with Gasteiger partial charge in [0.1, 0.15) is 0 Å². The predicted octanol–water partition coefficient (Wildman–Crippen LogP) is 3.18. The molecule has 0 amide bonds. The Morgan fingerprint density at radius 1 is 1.18 bits per heavy atom. The summed E-state index contributed by atoms with van der Waals surface area (Å²) in [5.41, 5.74) is 6.81. The zero-order valence-corrected chi connectivity index (χ0v) is 10.8. The fourth-order valence-corrected chi connectivity index (χ4v) is 2.95. The van der Waals surface area contributed by atoms with E-state index in [1.807, 2.05) is 36.4 Å². The van der Waals surface area contributed by atoms with Crippen molar-refractivity contribution in [2.24, 2.45) is 5.73 Å². The summed E-state index contributed by atoms with van der Waals surface area (Å²) in [7, 11) is 0. The SMILES string of the molecule is NCC(c1ccccc1)C(O)c1ccc(Cl)s1. The molecular formula is C13H14ClNOS. The maximum absolute atomic E-state index is 10.3. The lowest BCUT2D eigenvalue weighted by molar-refractivity contribution is 0.151. The third-order valence-electron chi connectivity index (χ3n) is 2.75. The normalized spacial score (nSPS) is 14.5. The van der Waals surface area contributed by atoms with Gasteiger partial charge in [-0.25, -0.2) is 0 Å². The molecule has 0 bridgehead atoms. The fourth-order valence-electron chi connectivity index (χ4n) is 1.83. The minimum absolute atomic E-state index is 0.0917. The van der Waals surface area contributed by atoms with Gasteiger partial charge in [-0.3, -0.25) is 0 Å². The molecule has 1 aromatic heterocycles. The molecule has 90 valence electrons. The molecule has 0 aliphatic rings. The van der Waals surface area contributed by atoms with Crippen LogP contribution in [0.1, 0.15) is 22.5 Å². The van der Waals surface area contributed by atoms with Crippen molar-refractivity contribution in [1.29, 1.82) is 0 Å². The number of rotatable bonds is 4. The molecule has 1 heterocycles. The third-order valence-corrected chi connectivity index (χ3v) is 4.05. The number of hydrogen-bond donors (Lipinski definition) is 2. The Kier molecular flexibility index (Phi) is 4.18. The number of nitrogens with two attached hydrogens (primary N) is 1. The van der Waals surface area contributed by atoms with Crippen molar-refractivity contribution in [3.05, 3.63) is 57.2 Å². The van der Waals surface area contributed by atoms with Crippen LogP contribution in [0, 0.1) is 0 Å². The summed E-state index contributed by atoms with van der Waals surface area (Å²) in [6.45, 7) is 0.403. The van der Waals surface area contributed by atoms with Gasteiger partial charge in [0.25, 0.3) is 0 Å². The first-order valence-corrected chi connectivity index (χ1v) is 6.60. The molecule has 4 heteroatoms. The molecule has 0 aliphatic heterocycles. The molecule has 0 saturated carbocycles. The summed E-state index contributed by atoms with van der Waals surface area (Å²) in [5, 5.41) is 10.3. The van der Waals surface area contributed by atoms with E-state index in [1.54, 1.807) is 6.07 Å². The molecule has 0 spiro atoms. The predicted molar refractivity (Wildman–Crippen MR) is 72.5 cm³/mol. The molecule has 0 fully saturated rings. The average Bonchev–Trinajstić information content (AvgIpc) is 2.78. The zero-order valence-electron chi connectivity index (χ0n) is 9.21. The Morgan fingerprint density at radius 2 is 1.88 bits per heavy atom. The molecule has 2 nitrogen and oxygen atoms in total. The molecule has 0 radical (unpaired) electrons. The molecule has 2 unspecified atom stereocenters. The Morgan fingerprint density at radius 3 is 2.41 bits per heavy atom.